The van der Waals surface area contributed by atoms with Gasteiger partial charge in [0.15, 0.2) is 0 Å². The number of hydrogen-bond acceptors (Lipinski definition) is 4. The van der Waals surface area contributed by atoms with Crippen LogP contribution in [0.2, 0.25) is 0 Å². The highest BCUT2D eigenvalue weighted by Crippen LogP contribution is 2.15. The highest BCUT2D eigenvalue weighted by atomic mass is 16.6. The van der Waals surface area contributed by atoms with Gasteiger partial charge in [-0.3, -0.25) is 4.84 Å². The fraction of sp³-hybridized carbons (Fsp3) is 0.588. The molecule has 1 aromatic carbocycles. The van der Waals surface area contributed by atoms with Crippen molar-refractivity contribution < 1.29 is 14.4 Å². The van der Waals surface area contributed by atoms with Crippen LogP contribution in [0.3, 0.4) is 0 Å². The van der Waals surface area contributed by atoms with Crippen LogP contribution in [0.5, 0.6) is 0 Å². The molecule has 0 aliphatic carbocycles. The van der Waals surface area contributed by atoms with Crippen LogP contribution in [0.25, 0.3) is 0 Å². The van der Waals surface area contributed by atoms with E-state index in [1.165, 1.54) is 0 Å². The summed E-state index contributed by atoms with van der Waals surface area (Å²) in [6.45, 7) is 7.60. The summed E-state index contributed by atoms with van der Waals surface area (Å²) < 4.78 is 5.39. The number of carbonyl (C=O) groups excluding carboxylic acids is 1. The van der Waals surface area contributed by atoms with Gasteiger partial charge in [0.2, 0.25) is 0 Å². The standard InChI is InChI=1S/C17H26N2O3/c1-17(2,3)22-16(20)19-11-9-15(10-12-19)18-21-13-14-7-5-4-6-8-14/h4-8,15,18H,9-13H2,1-3H3. The van der Waals surface area contributed by atoms with E-state index in [9.17, 15) is 4.79 Å². The lowest BCUT2D eigenvalue weighted by atomic mass is 10.1. The summed E-state index contributed by atoms with van der Waals surface area (Å²) >= 11 is 0. The summed E-state index contributed by atoms with van der Waals surface area (Å²) in [5.41, 5.74) is 3.80. The van der Waals surface area contributed by atoms with E-state index in [0.717, 1.165) is 18.4 Å². The van der Waals surface area contributed by atoms with Crippen LogP contribution < -0.4 is 5.48 Å². The lowest BCUT2D eigenvalue weighted by molar-refractivity contribution is -0.0181. The average Bonchev–Trinajstić information content (AvgIpc) is 2.47. The number of piperidine rings is 1. The molecule has 1 heterocycles. The minimum Gasteiger partial charge on any atom is -0.444 e. The Morgan fingerprint density at radius 3 is 2.45 bits per heavy atom. The summed E-state index contributed by atoms with van der Waals surface area (Å²) in [5, 5.41) is 0. The Balaban J connectivity index is 1.66. The third-order valence-corrected chi connectivity index (χ3v) is 3.48. The maximum atomic E-state index is 12.0. The smallest absolute Gasteiger partial charge is 0.410 e. The van der Waals surface area contributed by atoms with E-state index in [0.29, 0.717) is 19.7 Å². The van der Waals surface area contributed by atoms with E-state index in [-0.39, 0.29) is 12.1 Å². The van der Waals surface area contributed by atoms with Gasteiger partial charge in [0, 0.05) is 19.1 Å². The highest BCUT2D eigenvalue weighted by Gasteiger charge is 2.26. The predicted octanol–water partition coefficient (Wildman–Crippen LogP) is 3.11. The van der Waals surface area contributed by atoms with Gasteiger partial charge in [0.05, 0.1) is 6.61 Å². The molecular weight excluding hydrogens is 280 g/mol. The maximum absolute atomic E-state index is 12.0. The Bertz CT molecular complexity index is 463. The molecule has 1 aromatic rings. The van der Waals surface area contributed by atoms with Crippen molar-refractivity contribution in [1.82, 2.24) is 10.4 Å². The van der Waals surface area contributed by atoms with Gasteiger partial charge in [-0.25, -0.2) is 4.79 Å². The van der Waals surface area contributed by atoms with E-state index < -0.39 is 5.60 Å². The molecule has 0 saturated carbocycles. The molecule has 1 N–H and O–H groups in total. The number of hydrogen-bond donors (Lipinski definition) is 1. The fourth-order valence-corrected chi connectivity index (χ4v) is 2.32. The molecule has 1 aliphatic rings. The van der Waals surface area contributed by atoms with Crippen LogP contribution in [0, 0.1) is 0 Å². The van der Waals surface area contributed by atoms with Gasteiger partial charge in [-0.1, -0.05) is 30.3 Å². The first-order chi connectivity index (χ1) is 10.4. The van der Waals surface area contributed by atoms with E-state index in [2.05, 4.69) is 5.48 Å². The van der Waals surface area contributed by atoms with Crippen LogP contribution >= 0.6 is 0 Å². The topological polar surface area (TPSA) is 50.8 Å². The molecular formula is C17H26N2O3. The summed E-state index contributed by atoms with van der Waals surface area (Å²) in [5.74, 6) is 0. The number of carbonyl (C=O) groups is 1. The lowest BCUT2D eigenvalue weighted by Crippen LogP contribution is -2.46. The first-order valence-electron chi connectivity index (χ1n) is 7.83. The Labute approximate surface area is 132 Å². The molecule has 122 valence electrons. The molecule has 1 amide bonds. The number of ether oxygens (including phenoxy) is 1. The lowest BCUT2D eigenvalue weighted by Gasteiger charge is -2.33. The van der Waals surface area contributed by atoms with E-state index in [1.807, 2.05) is 51.1 Å². The van der Waals surface area contributed by atoms with Crippen LogP contribution in [0.1, 0.15) is 39.2 Å². The van der Waals surface area contributed by atoms with Gasteiger partial charge >= 0.3 is 6.09 Å². The normalized spacial score (nSPS) is 16.6. The van der Waals surface area contributed by atoms with Gasteiger partial charge in [0.1, 0.15) is 5.60 Å². The summed E-state index contributed by atoms with van der Waals surface area (Å²) in [6, 6.07) is 10.3. The third-order valence-electron chi connectivity index (χ3n) is 3.48. The van der Waals surface area contributed by atoms with Crippen LogP contribution in [0.4, 0.5) is 4.79 Å². The Kier molecular flexibility index (Phi) is 5.80. The molecule has 0 unspecified atom stereocenters. The van der Waals surface area contributed by atoms with Crippen molar-refractivity contribution in [2.75, 3.05) is 13.1 Å². The molecule has 0 spiro atoms. The SMILES string of the molecule is CC(C)(C)OC(=O)N1CCC(NOCc2ccccc2)CC1. The Morgan fingerprint density at radius 2 is 1.86 bits per heavy atom. The molecule has 1 fully saturated rings. The number of likely N-dealkylation sites (tertiary alicyclic amines) is 1. The summed E-state index contributed by atoms with van der Waals surface area (Å²) in [6.07, 6.45) is 1.51. The van der Waals surface area contributed by atoms with Gasteiger partial charge in [-0.2, -0.15) is 5.48 Å². The second-order valence-corrected chi connectivity index (χ2v) is 6.63. The van der Waals surface area contributed by atoms with Crippen LogP contribution in [-0.4, -0.2) is 35.7 Å². The molecule has 0 radical (unpaired) electrons. The number of amides is 1. The average molecular weight is 306 g/mol. The fourth-order valence-electron chi connectivity index (χ4n) is 2.32. The van der Waals surface area contributed by atoms with Gasteiger partial charge in [-0.05, 0) is 39.2 Å². The zero-order valence-corrected chi connectivity index (χ0v) is 13.7. The second kappa shape index (κ2) is 7.61. The Morgan fingerprint density at radius 1 is 1.23 bits per heavy atom. The minimum atomic E-state index is -0.440. The number of hydroxylamine groups is 1. The predicted molar refractivity (Wildman–Crippen MR) is 85.2 cm³/mol. The largest absolute Gasteiger partial charge is 0.444 e. The molecule has 22 heavy (non-hydrogen) atoms. The number of nitrogens with zero attached hydrogens (tertiary/aromatic N) is 1. The third kappa shape index (κ3) is 5.66. The molecule has 0 bridgehead atoms. The van der Waals surface area contributed by atoms with Crippen molar-refractivity contribution in [3.63, 3.8) is 0 Å². The first kappa shape index (κ1) is 16.8. The van der Waals surface area contributed by atoms with Crippen LogP contribution in [0.15, 0.2) is 30.3 Å². The van der Waals surface area contributed by atoms with Gasteiger partial charge < -0.3 is 9.64 Å². The molecule has 1 aliphatic heterocycles. The molecule has 5 heteroatoms. The maximum Gasteiger partial charge on any atom is 0.410 e. The summed E-state index contributed by atoms with van der Waals surface area (Å²) in [4.78, 5) is 19.3. The van der Waals surface area contributed by atoms with Crippen LogP contribution in [-0.2, 0) is 16.2 Å². The van der Waals surface area contributed by atoms with E-state index in [4.69, 9.17) is 9.57 Å². The van der Waals surface area contributed by atoms with Crippen molar-refractivity contribution in [2.45, 2.75) is 51.9 Å². The van der Waals surface area contributed by atoms with Gasteiger partial charge in [-0.15, -0.1) is 0 Å². The molecule has 1 saturated heterocycles. The Hall–Kier alpha value is -1.59. The molecule has 0 atom stereocenters. The number of nitrogens with one attached hydrogen (secondary N) is 1. The molecule has 5 nitrogen and oxygen atoms in total. The van der Waals surface area contributed by atoms with E-state index >= 15 is 0 Å². The quantitative estimate of drug-likeness (QED) is 0.868. The number of benzene rings is 1. The van der Waals surface area contributed by atoms with E-state index in [1.54, 1.807) is 4.90 Å². The van der Waals surface area contributed by atoms with Crippen molar-refractivity contribution in [1.29, 1.82) is 0 Å². The zero-order valence-electron chi connectivity index (χ0n) is 13.7. The number of rotatable bonds is 4. The zero-order chi connectivity index (χ0) is 16.0. The summed E-state index contributed by atoms with van der Waals surface area (Å²) in [7, 11) is 0. The van der Waals surface area contributed by atoms with Crippen molar-refractivity contribution in [3.05, 3.63) is 35.9 Å². The van der Waals surface area contributed by atoms with Crippen molar-refractivity contribution in [2.24, 2.45) is 0 Å². The first-order valence-corrected chi connectivity index (χ1v) is 7.83. The van der Waals surface area contributed by atoms with Crippen molar-refractivity contribution >= 4 is 6.09 Å². The molecule has 0 aromatic heterocycles. The highest BCUT2D eigenvalue weighted by molar-refractivity contribution is 5.68. The monoisotopic (exact) mass is 306 g/mol. The van der Waals surface area contributed by atoms with Gasteiger partial charge in [0.25, 0.3) is 0 Å². The molecule has 2 rings (SSSR count). The minimum absolute atomic E-state index is 0.226. The second-order valence-electron chi connectivity index (χ2n) is 6.63. The van der Waals surface area contributed by atoms with Crippen molar-refractivity contribution in [3.8, 4) is 0 Å².